The first-order valence-corrected chi connectivity index (χ1v) is 25.8. The summed E-state index contributed by atoms with van der Waals surface area (Å²) >= 11 is 0. The highest BCUT2D eigenvalue weighted by molar-refractivity contribution is 6.25. The first-order chi connectivity index (χ1) is 37.2. The molecule has 1 atom stereocenters. The molecule has 2 heterocycles. The number of para-hydroxylation sites is 6. The Labute approximate surface area is 433 Å². The lowest BCUT2D eigenvalue weighted by atomic mass is 9.70. The topological polar surface area (TPSA) is 24.6 Å². The molecule has 350 valence electrons. The number of furan rings is 1. The van der Waals surface area contributed by atoms with Crippen LogP contribution in [0.1, 0.15) is 22.3 Å². The predicted molar refractivity (Wildman–Crippen MR) is 311 cm³/mol. The minimum absolute atomic E-state index is 0.719. The molecule has 0 aliphatic heterocycles. The van der Waals surface area contributed by atoms with Crippen LogP contribution in [0.25, 0.3) is 82.5 Å². The van der Waals surface area contributed by atoms with Crippen LogP contribution >= 0.6 is 0 Å². The third-order valence-electron chi connectivity index (χ3n) is 16.1. The van der Waals surface area contributed by atoms with Crippen LogP contribution in [0.3, 0.4) is 0 Å². The number of benzene rings is 12. The Hall–Kier alpha value is -9.90. The lowest BCUT2D eigenvalue weighted by Gasteiger charge is -2.32. The lowest BCUT2D eigenvalue weighted by molar-refractivity contribution is 0.673. The van der Waals surface area contributed by atoms with E-state index in [-0.39, 0.29) is 0 Å². The molecule has 4 heteroatoms. The molecule has 12 aromatic carbocycles. The summed E-state index contributed by atoms with van der Waals surface area (Å²) < 4.78 is 10.1. The molecule has 1 unspecified atom stereocenters. The summed E-state index contributed by atoms with van der Waals surface area (Å²) in [6, 6.07) is 99.8. The van der Waals surface area contributed by atoms with Gasteiger partial charge in [-0.15, -0.1) is 0 Å². The molecule has 0 radical (unpaired) electrons. The van der Waals surface area contributed by atoms with E-state index >= 15 is 0 Å². The van der Waals surface area contributed by atoms with Crippen LogP contribution in [-0.2, 0) is 5.41 Å². The van der Waals surface area contributed by atoms with Gasteiger partial charge >= 0.3 is 0 Å². The number of fused-ring (bicyclic) bond motifs is 20. The van der Waals surface area contributed by atoms with Gasteiger partial charge in [-0.3, -0.25) is 0 Å². The van der Waals surface area contributed by atoms with Crippen LogP contribution in [0.15, 0.2) is 277 Å². The quantitative estimate of drug-likeness (QED) is 0.159. The number of rotatable bonds is 7. The van der Waals surface area contributed by atoms with Crippen LogP contribution in [0.2, 0.25) is 0 Å². The smallest absolute Gasteiger partial charge is 0.145 e. The zero-order valence-corrected chi connectivity index (χ0v) is 40.7. The molecule has 0 amide bonds. The second-order valence-corrected chi connectivity index (χ2v) is 19.9. The maximum atomic E-state index is 7.68. The maximum Gasteiger partial charge on any atom is 0.145 e. The van der Waals surface area contributed by atoms with Crippen molar-refractivity contribution in [1.29, 1.82) is 0 Å². The number of hydrogen-bond donors (Lipinski definition) is 0. The van der Waals surface area contributed by atoms with Gasteiger partial charge in [0.15, 0.2) is 0 Å². The van der Waals surface area contributed by atoms with Gasteiger partial charge in [-0.25, -0.2) is 0 Å². The normalized spacial score (nSPS) is 14.2. The summed E-state index contributed by atoms with van der Waals surface area (Å²) in [7, 11) is 0. The predicted octanol–water partition coefficient (Wildman–Crippen LogP) is 19.1. The van der Waals surface area contributed by atoms with Gasteiger partial charge in [0.1, 0.15) is 11.2 Å². The van der Waals surface area contributed by atoms with Crippen LogP contribution in [-0.4, -0.2) is 4.57 Å². The van der Waals surface area contributed by atoms with E-state index in [1.807, 2.05) is 0 Å². The zero-order chi connectivity index (χ0) is 49.2. The second kappa shape index (κ2) is 16.1. The summed E-state index contributed by atoms with van der Waals surface area (Å²) in [6.45, 7) is 0. The van der Waals surface area contributed by atoms with Crippen LogP contribution in [0.4, 0.5) is 34.1 Å². The SMILES string of the molecule is c1ccc(N(c2ccccc2)c2ccc3c(c2)-c2c(ccc4c2oc2c4ccc4c2c2ccccc2n4-c2ccccc2)C32c3cc(N(c4ccccc4)c4ccccc4)ccc3-c3c2ccc2ccccc32)cc1. The Bertz CT molecular complexity index is 4500. The van der Waals surface area contributed by atoms with Gasteiger partial charge in [0.2, 0.25) is 0 Å². The van der Waals surface area contributed by atoms with Crippen molar-refractivity contribution < 1.29 is 4.42 Å². The lowest BCUT2D eigenvalue weighted by Crippen LogP contribution is -2.26. The first-order valence-electron chi connectivity index (χ1n) is 25.8. The maximum absolute atomic E-state index is 7.68. The molecule has 0 fully saturated rings. The van der Waals surface area contributed by atoms with Crippen molar-refractivity contribution in [2.75, 3.05) is 9.80 Å². The van der Waals surface area contributed by atoms with E-state index in [1.165, 1.54) is 44.2 Å². The van der Waals surface area contributed by atoms with Crippen LogP contribution in [0.5, 0.6) is 0 Å². The summed E-state index contributed by atoms with van der Waals surface area (Å²) in [6.07, 6.45) is 0. The molecule has 75 heavy (non-hydrogen) atoms. The number of aromatic nitrogens is 1. The summed E-state index contributed by atoms with van der Waals surface area (Å²) in [5.74, 6) is 0. The molecule has 1 spiro atoms. The highest BCUT2D eigenvalue weighted by atomic mass is 16.3. The zero-order valence-electron chi connectivity index (χ0n) is 40.7. The minimum Gasteiger partial charge on any atom is -0.455 e. The summed E-state index contributed by atoms with van der Waals surface area (Å²) in [5.41, 5.74) is 20.8. The molecule has 2 aliphatic rings. The van der Waals surface area contributed by atoms with E-state index in [2.05, 4.69) is 287 Å². The Morgan fingerprint density at radius 3 is 1.48 bits per heavy atom. The Kier molecular flexibility index (Phi) is 8.92. The van der Waals surface area contributed by atoms with Gasteiger partial charge in [0, 0.05) is 61.5 Å². The van der Waals surface area contributed by atoms with Gasteiger partial charge in [-0.2, -0.15) is 0 Å². The molecular weight excluding hydrogens is 911 g/mol. The van der Waals surface area contributed by atoms with Crippen molar-refractivity contribution in [3.8, 4) is 27.9 Å². The molecule has 0 bridgehead atoms. The molecular formula is C71H45N3O. The number of hydrogen-bond acceptors (Lipinski definition) is 3. The molecule has 4 nitrogen and oxygen atoms in total. The fraction of sp³-hybridized carbons (Fsp3) is 0.0141. The van der Waals surface area contributed by atoms with Crippen molar-refractivity contribution in [2.45, 2.75) is 5.41 Å². The van der Waals surface area contributed by atoms with E-state index in [1.54, 1.807) is 0 Å². The first kappa shape index (κ1) is 41.7. The highest BCUT2D eigenvalue weighted by Gasteiger charge is 2.53. The van der Waals surface area contributed by atoms with E-state index in [9.17, 15) is 0 Å². The molecule has 2 aromatic heterocycles. The van der Waals surface area contributed by atoms with Gasteiger partial charge in [0.05, 0.1) is 21.8 Å². The summed E-state index contributed by atoms with van der Waals surface area (Å²) in [4.78, 5) is 4.78. The Morgan fingerprint density at radius 1 is 0.307 bits per heavy atom. The van der Waals surface area contributed by atoms with E-state index in [4.69, 9.17) is 4.42 Å². The van der Waals surface area contributed by atoms with Gasteiger partial charge in [-0.1, -0.05) is 170 Å². The van der Waals surface area contributed by atoms with Crippen LogP contribution in [0, 0.1) is 0 Å². The Balaban J connectivity index is 1.04. The van der Waals surface area contributed by atoms with E-state index in [0.717, 1.165) is 94.7 Å². The second-order valence-electron chi connectivity index (χ2n) is 19.9. The monoisotopic (exact) mass is 955 g/mol. The van der Waals surface area contributed by atoms with Crippen molar-refractivity contribution in [3.05, 3.63) is 295 Å². The Morgan fingerprint density at radius 2 is 0.813 bits per heavy atom. The molecule has 0 saturated carbocycles. The third kappa shape index (κ3) is 5.88. The molecule has 0 saturated heterocycles. The van der Waals surface area contributed by atoms with Crippen molar-refractivity contribution in [3.63, 3.8) is 0 Å². The van der Waals surface area contributed by atoms with Crippen molar-refractivity contribution in [1.82, 2.24) is 4.57 Å². The van der Waals surface area contributed by atoms with E-state index in [0.29, 0.717) is 0 Å². The van der Waals surface area contributed by atoms with E-state index < -0.39 is 5.41 Å². The molecule has 14 aromatic rings. The molecule has 16 rings (SSSR count). The summed E-state index contributed by atoms with van der Waals surface area (Å²) in [5, 5.41) is 6.96. The number of anilines is 6. The van der Waals surface area contributed by atoms with Crippen molar-refractivity contribution in [2.24, 2.45) is 0 Å². The standard InChI is InChI=1S/C71H45N3O/c1-6-21-47(22-7-1)72(48-23-8-2-9-24-48)52-36-41-60-59(44-52)67-62(42-38-55-56-39-43-65-68(70(56)75-69(55)67)58-32-18-19-33-64(58)74(65)51-29-14-5-15-30-51)71(60)61-40-34-46-20-16-17-31-54(46)66(61)57-37-35-53(45-63(57)71)73(49-25-10-3-11-26-49)50-27-12-4-13-28-50/h1-45H. The minimum atomic E-state index is -0.719. The largest absolute Gasteiger partial charge is 0.455 e. The van der Waals surface area contributed by atoms with Crippen molar-refractivity contribution >= 4 is 88.6 Å². The molecule has 0 N–H and O–H groups in total. The van der Waals surface area contributed by atoms with Gasteiger partial charge in [-0.05, 0) is 153 Å². The van der Waals surface area contributed by atoms with Gasteiger partial charge < -0.3 is 18.8 Å². The van der Waals surface area contributed by atoms with Crippen LogP contribution < -0.4 is 9.80 Å². The fourth-order valence-electron chi connectivity index (χ4n) is 13.1. The third-order valence-corrected chi connectivity index (χ3v) is 16.1. The average molecular weight is 956 g/mol. The number of nitrogens with zero attached hydrogens (tertiary/aromatic N) is 3. The average Bonchev–Trinajstić information content (AvgIpc) is 4.20. The fourth-order valence-corrected chi connectivity index (χ4v) is 13.1. The molecule has 2 aliphatic carbocycles. The van der Waals surface area contributed by atoms with Gasteiger partial charge in [0.25, 0.3) is 0 Å². The highest BCUT2D eigenvalue weighted by Crippen LogP contribution is 2.66.